The van der Waals surface area contributed by atoms with Crippen LogP contribution in [0.5, 0.6) is 5.75 Å². The van der Waals surface area contributed by atoms with Gasteiger partial charge in [0, 0.05) is 11.9 Å². The first-order valence-corrected chi connectivity index (χ1v) is 8.67. The second-order valence-electron chi connectivity index (χ2n) is 5.97. The first-order chi connectivity index (χ1) is 13.6. The van der Waals surface area contributed by atoms with E-state index in [1.807, 2.05) is 24.3 Å². The van der Waals surface area contributed by atoms with E-state index >= 15 is 0 Å². The molecule has 0 unspecified atom stereocenters. The van der Waals surface area contributed by atoms with Crippen LogP contribution in [0.15, 0.2) is 63.8 Å². The Bertz CT molecular complexity index is 1060. The first-order valence-electron chi connectivity index (χ1n) is 8.67. The highest BCUT2D eigenvalue weighted by atomic mass is 16.5. The van der Waals surface area contributed by atoms with E-state index in [-0.39, 0.29) is 5.56 Å². The van der Waals surface area contributed by atoms with Crippen LogP contribution >= 0.6 is 0 Å². The van der Waals surface area contributed by atoms with Crippen molar-refractivity contribution in [3.8, 4) is 5.75 Å². The number of esters is 1. The fourth-order valence-corrected chi connectivity index (χ4v) is 2.71. The molecule has 1 aromatic heterocycles. The van der Waals surface area contributed by atoms with Crippen LogP contribution in [0.1, 0.15) is 15.9 Å². The molecule has 0 fully saturated rings. The molecule has 3 rings (SSSR count). The van der Waals surface area contributed by atoms with Crippen molar-refractivity contribution in [1.82, 2.24) is 5.32 Å². The standard InChI is InChI=1S/C21H19NO6/c1-26-17-8-4-2-6-14(17)10-11-22-19(23)13-27-20(24)16-12-15-7-3-5-9-18(15)28-21(16)25/h2-9,12H,10-11,13H2,1H3,(H,22,23). The molecule has 1 N–H and O–H groups in total. The highest BCUT2D eigenvalue weighted by Gasteiger charge is 2.16. The second-order valence-corrected chi connectivity index (χ2v) is 5.97. The molecule has 0 bridgehead atoms. The molecule has 1 heterocycles. The van der Waals surface area contributed by atoms with Crippen LogP contribution in [0.25, 0.3) is 11.0 Å². The van der Waals surface area contributed by atoms with Crippen molar-refractivity contribution in [2.24, 2.45) is 0 Å². The summed E-state index contributed by atoms with van der Waals surface area (Å²) in [6.07, 6.45) is 0.567. The lowest BCUT2D eigenvalue weighted by atomic mass is 10.1. The predicted molar refractivity (Wildman–Crippen MR) is 102 cm³/mol. The Labute approximate surface area is 160 Å². The summed E-state index contributed by atoms with van der Waals surface area (Å²) in [5, 5.41) is 3.25. The minimum atomic E-state index is -0.903. The number of hydrogen-bond acceptors (Lipinski definition) is 6. The average Bonchev–Trinajstić information content (AvgIpc) is 2.71. The number of methoxy groups -OCH3 is 1. The van der Waals surface area contributed by atoms with Crippen LogP contribution in [-0.4, -0.2) is 32.1 Å². The summed E-state index contributed by atoms with van der Waals surface area (Å²) >= 11 is 0. The highest BCUT2D eigenvalue weighted by Crippen LogP contribution is 2.17. The van der Waals surface area contributed by atoms with Crippen LogP contribution in [0.4, 0.5) is 0 Å². The molecule has 0 saturated heterocycles. The minimum Gasteiger partial charge on any atom is -0.496 e. The molecule has 0 aliphatic heterocycles. The normalized spacial score (nSPS) is 10.5. The lowest BCUT2D eigenvalue weighted by Gasteiger charge is -2.09. The van der Waals surface area contributed by atoms with Gasteiger partial charge in [0.2, 0.25) is 0 Å². The fourth-order valence-electron chi connectivity index (χ4n) is 2.71. The van der Waals surface area contributed by atoms with Crippen LogP contribution in [-0.2, 0) is 16.0 Å². The molecule has 0 aliphatic rings. The van der Waals surface area contributed by atoms with Gasteiger partial charge in [-0.1, -0.05) is 36.4 Å². The molecular formula is C21H19NO6. The number of para-hydroxylation sites is 2. The number of amides is 1. The molecule has 2 aromatic carbocycles. The molecule has 0 aliphatic carbocycles. The molecular weight excluding hydrogens is 362 g/mol. The van der Waals surface area contributed by atoms with Gasteiger partial charge in [-0.3, -0.25) is 4.79 Å². The van der Waals surface area contributed by atoms with E-state index in [9.17, 15) is 14.4 Å². The zero-order chi connectivity index (χ0) is 19.9. The van der Waals surface area contributed by atoms with Gasteiger partial charge >= 0.3 is 11.6 Å². The van der Waals surface area contributed by atoms with E-state index in [4.69, 9.17) is 13.9 Å². The third-order valence-corrected chi connectivity index (χ3v) is 4.10. The zero-order valence-corrected chi connectivity index (χ0v) is 15.3. The summed E-state index contributed by atoms with van der Waals surface area (Å²) in [5.41, 5.74) is 0.273. The summed E-state index contributed by atoms with van der Waals surface area (Å²) in [4.78, 5) is 35.9. The Hall–Kier alpha value is -3.61. The molecule has 0 radical (unpaired) electrons. The van der Waals surface area contributed by atoms with Crippen molar-refractivity contribution in [1.29, 1.82) is 0 Å². The van der Waals surface area contributed by atoms with E-state index in [0.29, 0.717) is 23.9 Å². The van der Waals surface area contributed by atoms with Crippen LogP contribution < -0.4 is 15.7 Å². The summed E-state index contributed by atoms with van der Waals surface area (Å²) in [7, 11) is 1.58. The first kappa shape index (κ1) is 19.2. The SMILES string of the molecule is COc1ccccc1CCNC(=O)COC(=O)c1cc2ccccc2oc1=O. The summed E-state index contributed by atoms with van der Waals surface area (Å²) in [6, 6.07) is 15.7. The molecule has 0 spiro atoms. The average molecular weight is 381 g/mol. The molecule has 7 nitrogen and oxygen atoms in total. The van der Waals surface area contributed by atoms with Gasteiger partial charge in [0.05, 0.1) is 7.11 Å². The molecule has 3 aromatic rings. The van der Waals surface area contributed by atoms with Gasteiger partial charge < -0.3 is 19.2 Å². The Kier molecular flexibility index (Phi) is 6.06. The van der Waals surface area contributed by atoms with Crippen LogP contribution in [0.3, 0.4) is 0 Å². The zero-order valence-electron chi connectivity index (χ0n) is 15.3. The van der Waals surface area contributed by atoms with Gasteiger partial charge in [-0.25, -0.2) is 9.59 Å². The minimum absolute atomic E-state index is 0.250. The van der Waals surface area contributed by atoms with Gasteiger partial charge in [-0.15, -0.1) is 0 Å². The number of carbonyl (C=O) groups excluding carboxylic acids is 2. The lowest BCUT2D eigenvalue weighted by molar-refractivity contribution is -0.124. The molecule has 7 heteroatoms. The van der Waals surface area contributed by atoms with Crippen molar-refractivity contribution >= 4 is 22.8 Å². The molecule has 0 atom stereocenters. The van der Waals surface area contributed by atoms with Crippen molar-refractivity contribution in [2.45, 2.75) is 6.42 Å². The van der Waals surface area contributed by atoms with Gasteiger partial charge in [0.25, 0.3) is 5.91 Å². The number of rotatable bonds is 7. The van der Waals surface area contributed by atoms with E-state index in [0.717, 1.165) is 11.3 Å². The summed E-state index contributed by atoms with van der Waals surface area (Å²) in [6.45, 7) is -0.133. The van der Waals surface area contributed by atoms with Crippen molar-refractivity contribution in [3.63, 3.8) is 0 Å². The Balaban J connectivity index is 1.52. The highest BCUT2D eigenvalue weighted by molar-refractivity contribution is 5.94. The second kappa shape index (κ2) is 8.85. The Morgan fingerprint density at radius 1 is 1.07 bits per heavy atom. The smallest absolute Gasteiger partial charge is 0.351 e. The van der Waals surface area contributed by atoms with Gasteiger partial charge in [-0.2, -0.15) is 0 Å². The number of ether oxygens (including phenoxy) is 2. The maximum Gasteiger partial charge on any atom is 0.351 e. The summed E-state index contributed by atoms with van der Waals surface area (Å²) in [5.74, 6) is -0.626. The topological polar surface area (TPSA) is 94.8 Å². The van der Waals surface area contributed by atoms with Gasteiger partial charge in [0.15, 0.2) is 6.61 Å². The van der Waals surface area contributed by atoms with Gasteiger partial charge in [-0.05, 0) is 30.2 Å². The maximum absolute atomic E-state index is 12.1. The maximum atomic E-state index is 12.1. The molecule has 0 saturated carbocycles. The largest absolute Gasteiger partial charge is 0.496 e. The third kappa shape index (κ3) is 4.56. The number of benzene rings is 2. The number of fused-ring (bicyclic) bond motifs is 1. The number of hydrogen-bond donors (Lipinski definition) is 1. The van der Waals surface area contributed by atoms with E-state index in [1.54, 1.807) is 31.4 Å². The quantitative estimate of drug-likeness (QED) is 0.499. The third-order valence-electron chi connectivity index (χ3n) is 4.10. The Morgan fingerprint density at radius 2 is 1.82 bits per heavy atom. The van der Waals surface area contributed by atoms with Crippen molar-refractivity contribution < 1.29 is 23.5 Å². The summed E-state index contributed by atoms with van der Waals surface area (Å²) < 4.78 is 15.3. The fraction of sp³-hybridized carbons (Fsp3) is 0.190. The van der Waals surface area contributed by atoms with E-state index in [2.05, 4.69) is 5.32 Å². The van der Waals surface area contributed by atoms with E-state index in [1.165, 1.54) is 6.07 Å². The number of nitrogens with one attached hydrogen (secondary N) is 1. The van der Waals surface area contributed by atoms with Crippen LogP contribution in [0, 0.1) is 0 Å². The van der Waals surface area contributed by atoms with Crippen LogP contribution in [0.2, 0.25) is 0 Å². The Morgan fingerprint density at radius 3 is 2.64 bits per heavy atom. The lowest BCUT2D eigenvalue weighted by Crippen LogP contribution is -2.31. The monoisotopic (exact) mass is 381 g/mol. The predicted octanol–water partition coefficient (Wildman–Crippen LogP) is 2.32. The number of carbonyl (C=O) groups is 2. The molecule has 28 heavy (non-hydrogen) atoms. The van der Waals surface area contributed by atoms with Gasteiger partial charge in [0.1, 0.15) is 16.9 Å². The molecule has 144 valence electrons. The van der Waals surface area contributed by atoms with Crippen molar-refractivity contribution in [2.75, 3.05) is 20.3 Å². The molecule has 1 amide bonds. The van der Waals surface area contributed by atoms with Crippen molar-refractivity contribution in [3.05, 3.63) is 76.1 Å². The van der Waals surface area contributed by atoms with E-state index < -0.39 is 24.1 Å².